The highest BCUT2D eigenvalue weighted by molar-refractivity contribution is 7.17. The number of likely N-dealkylation sites (N-methyl/N-ethyl adjacent to an activating group) is 1. The van der Waals surface area contributed by atoms with E-state index in [1.165, 1.54) is 29.5 Å². The molecule has 5 rings (SSSR count). The first-order chi connectivity index (χ1) is 12.7. The molecule has 1 aliphatic rings. The van der Waals surface area contributed by atoms with Gasteiger partial charge in [0.25, 0.3) is 0 Å². The largest absolute Gasteiger partial charge is 0.309 e. The highest BCUT2D eigenvalue weighted by atomic mass is 32.1. The SMILES string of the molecule is Cc1c(-c2ccc3ccsc3c2)nnc2c1ncn2[C@@H]1CCCN(C)C1. The molecule has 3 aromatic heterocycles. The van der Waals surface area contributed by atoms with Gasteiger partial charge in [0.05, 0.1) is 12.0 Å². The van der Waals surface area contributed by atoms with Crippen LogP contribution in [0, 0.1) is 6.92 Å². The van der Waals surface area contributed by atoms with E-state index in [1.54, 1.807) is 11.3 Å². The number of nitrogens with zero attached hydrogens (tertiary/aromatic N) is 5. The number of thiophene rings is 1. The zero-order valence-electron chi connectivity index (χ0n) is 15.0. The maximum Gasteiger partial charge on any atom is 0.183 e. The van der Waals surface area contributed by atoms with Gasteiger partial charge in [-0.1, -0.05) is 12.1 Å². The lowest BCUT2D eigenvalue weighted by Crippen LogP contribution is -2.33. The van der Waals surface area contributed by atoms with Crippen molar-refractivity contribution >= 4 is 32.6 Å². The number of aryl methyl sites for hydroxylation is 1. The van der Waals surface area contributed by atoms with Gasteiger partial charge in [-0.15, -0.1) is 21.5 Å². The molecule has 0 unspecified atom stereocenters. The molecule has 0 spiro atoms. The van der Waals surface area contributed by atoms with Crippen LogP contribution < -0.4 is 0 Å². The molecule has 1 saturated heterocycles. The van der Waals surface area contributed by atoms with Gasteiger partial charge in [-0.25, -0.2) is 4.98 Å². The second kappa shape index (κ2) is 6.14. The molecular formula is C20H21N5S. The van der Waals surface area contributed by atoms with E-state index in [0.29, 0.717) is 6.04 Å². The maximum atomic E-state index is 4.70. The Morgan fingerprint density at radius 3 is 3.00 bits per heavy atom. The van der Waals surface area contributed by atoms with E-state index in [2.05, 4.69) is 63.3 Å². The van der Waals surface area contributed by atoms with E-state index < -0.39 is 0 Å². The minimum atomic E-state index is 0.431. The van der Waals surface area contributed by atoms with E-state index in [0.717, 1.165) is 34.5 Å². The van der Waals surface area contributed by atoms with Crippen molar-refractivity contribution in [2.75, 3.05) is 20.1 Å². The summed E-state index contributed by atoms with van der Waals surface area (Å²) in [7, 11) is 2.18. The normalized spacial score (nSPS) is 18.8. The third-order valence-electron chi connectivity index (χ3n) is 5.45. The number of piperidine rings is 1. The lowest BCUT2D eigenvalue weighted by molar-refractivity contribution is 0.214. The summed E-state index contributed by atoms with van der Waals surface area (Å²) in [5.41, 5.74) is 5.02. The quantitative estimate of drug-likeness (QED) is 0.533. The van der Waals surface area contributed by atoms with Crippen molar-refractivity contribution in [3.63, 3.8) is 0 Å². The number of hydrogen-bond donors (Lipinski definition) is 0. The van der Waals surface area contributed by atoms with Crippen LogP contribution >= 0.6 is 11.3 Å². The standard InChI is InChI=1S/C20H21N5S/c1-13-18(15-6-5-14-7-9-26-17(14)10-15)22-23-20-19(13)21-12-25(20)16-4-3-8-24(2)11-16/h5-7,9-10,12,16H,3-4,8,11H2,1-2H3/t16-/m1/s1. The number of benzene rings is 1. The van der Waals surface area contributed by atoms with E-state index in [9.17, 15) is 0 Å². The lowest BCUT2D eigenvalue weighted by Gasteiger charge is -2.30. The summed E-state index contributed by atoms with van der Waals surface area (Å²) in [5.74, 6) is 0. The van der Waals surface area contributed by atoms with Crippen molar-refractivity contribution in [3.8, 4) is 11.3 Å². The van der Waals surface area contributed by atoms with E-state index in [4.69, 9.17) is 4.98 Å². The Labute approximate surface area is 156 Å². The van der Waals surface area contributed by atoms with Crippen LogP contribution in [-0.4, -0.2) is 44.8 Å². The van der Waals surface area contributed by atoms with Crippen LogP contribution in [0.4, 0.5) is 0 Å². The molecule has 0 amide bonds. The molecule has 132 valence electrons. The molecule has 4 heterocycles. The van der Waals surface area contributed by atoms with Gasteiger partial charge in [-0.2, -0.15) is 0 Å². The van der Waals surface area contributed by atoms with Crippen LogP contribution in [0.15, 0.2) is 36.0 Å². The second-order valence-corrected chi connectivity index (χ2v) is 8.18. The van der Waals surface area contributed by atoms with E-state index in [1.807, 2.05) is 6.33 Å². The molecule has 0 bridgehead atoms. The predicted molar refractivity (Wildman–Crippen MR) is 107 cm³/mol. The third kappa shape index (κ3) is 2.52. The molecule has 1 aliphatic heterocycles. The Hall–Kier alpha value is -2.31. The number of hydrogen-bond acceptors (Lipinski definition) is 5. The molecule has 5 nitrogen and oxygen atoms in total. The molecule has 0 aliphatic carbocycles. The lowest BCUT2D eigenvalue weighted by atomic mass is 10.1. The van der Waals surface area contributed by atoms with Crippen LogP contribution in [0.1, 0.15) is 24.4 Å². The Kier molecular flexibility index (Phi) is 3.76. The monoisotopic (exact) mass is 363 g/mol. The Balaban J connectivity index is 1.59. The first-order valence-electron chi connectivity index (χ1n) is 9.07. The van der Waals surface area contributed by atoms with Gasteiger partial charge in [-0.05, 0) is 56.3 Å². The molecule has 26 heavy (non-hydrogen) atoms. The minimum absolute atomic E-state index is 0.431. The predicted octanol–water partition coefficient (Wildman–Crippen LogP) is 4.28. The summed E-state index contributed by atoms with van der Waals surface area (Å²) in [6, 6.07) is 9.07. The summed E-state index contributed by atoms with van der Waals surface area (Å²) in [6.07, 6.45) is 4.34. The molecule has 1 aromatic carbocycles. The molecule has 0 radical (unpaired) electrons. The maximum absolute atomic E-state index is 4.70. The topological polar surface area (TPSA) is 46.8 Å². The Bertz CT molecular complexity index is 1100. The van der Waals surface area contributed by atoms with Crippen LogP contribution in [0.2, 0.25) is 0 Å². The number of likely N-dealkylation sites (tertiary alicyclic amines) is 1. The molecule has 1 atom stereocenters. The van der Waals surface area contributed by atoms with Gasteiger partial charge in [-0.3, -0.25) is 0 Å². The molecule has 0 saturated carbocycles. The van der Waals surface area contributed by atoms with E-state index in [-0.39, 0.29) is 0 Å². The van der Waals surface area contributed by atoms with Crippen molar-refractivity contribution in [1.29, 1.82) is 0 Å². The first-order valence-corrected chi connectivity index (χ1v) is 9.94. The smallest absolute Gasteiger partial charge is 0.183 e. The summed E-state index contributed by atoms with van der Waals surface area (Å²) < 4.78 is 3.50. The zero-order chi connectivity index (χ0) is 17.7. The molecular weight excluding hydrogens is 342 g/mol. The van der Waals surface area contributed by atoms with E-state index >= 15 is 0 Å². The third-order valence-corrected chi connectivity index (χ3v) is 6.33. The molecule has 6 heteroatoms. The fourth-order valence-electron chi connectivity index (χ4n) is 4.01. The highest BCUT2D eigenvalue weighted by Crippen LogP contribution is 2.31. The van der Waals surface area contributed by atoms with Crippen molar-refractivity contribution in [1.82, 2.24) is 24.6 Å². The second-order valence-electron chi connectivity index (χ2n) is 7.23. The Morgan fingerprint density at radius 1 is 1.19 bits per heavy atom. The molecule has 0 N–H and O–H groups in total. The van der Waals surface area contributed by atoms with Crippen LogP contribution in [0.3, 0.4) is 0 Å². The summed E-state index contributed by atoms with van der Waals surface area (Å²) in [6.45, 7) is 4.32. The van der Waals surface area contributed by atoms with Crippen molar-refractivity contribution in [3.05, 3.63) is 41.5 Å². The van der Waals surface area contributed by atoms with Gasteiger partial charge in [0.1, 0.15) is 5.52 Å². The molecule has 1 fully saturated rings. The van der Waals surface area contributed by atoms with Crippen molar-refractivity contribution < 1.29 is 0 Å². The van der Waals surface area contributed by atoms with Crippen LogP contribution in [0.25, 0.3) is 32.5 Å². The van der Waals surface area contributed by atoms with Crippen molar-refractivity contribution in [2.45, 2.75) is 25.8 Å². The highest BCUT2D eigenvalue weighted by Gasteiger charge is 2.22. The summed E-state index contributed by atoms with van der Waals surface area (Å²) in [5, 5.41) is 12.6. The van der Waals surface area contributed by atoms with Gasteiger partial charge in [0.2, 0.25) is 0 Å². The first kappa shape index (κ1) is 15.9. The fraction of sp³-hybridized carbons (Fsp3) is 0.350. The van der Waals surface area contributed by atoms with Gasteiger partial charge >= 0.3 is 0 Å². The average molecular weight is 363 g/mol. The minimum Gasteiger partial charge on any atom is -0.309 e. The van der Waals surface area contributed by atoms with Crippen molar-refractivity contribution in [2.24, 2.45) is 0 Å². The van der Waals surface area contributed by atoms with Gasteiger partial charge in [0, 0.05) is 28.4 Å². The summed E-state index contributed by atoms with van der Waals surface area (Å²) in [4.78, 5) is 7.08. The van der Waals surface area contributed by atoms with Crippen LogP contribution in [-0.2, 0) is 0 Å². The summed E-state index contributed by atoms with van der Waals surface area (Å²) >= 11 is 1.76. The van der Waals surface area contributed by atoms with Gasteiger partial charge in [0.15, 0.2) is 5.65 Å². The fourth-order valence-corrected chi connectivity index (χ4v) is 4.84. The van der Waals surface area contributed by atoms with Gasteiger partial charge < -0.3 is 9.47 Å². The molecule has 4 aromatic rings. The average Bonchev–Trinajstić information content (AvgIpc) is 3.28. The Morgan fingerprint density at radius 2 is 2.12 bits per heavy atom. The number of rotatable bonds is 2. The van der Waals surface area contributed by atoms with Crippen LogP contribution in [0.5, 0.6) is 0 Å². The zero-order valence-corrected chi connectivity index (χ0v) is 15.8. The number of aromatic nitrogens is 4. The number of fused-ring (bicyclic) bond motifs is 2. The number of imidazole rings is 1.